The van der Waals surface area contributed by atoms with E-state index in [0.29, 0.717) is 6.61 Å². The summed E-state index contributed by atoms with van der Waals surface area (Å²) in [4.78, 5) is 2.62. The summed E-state index contributed by atoms with van der Waals surface area (Å²) in [7, 11) is 0. The molecule has 66 valence electrons. The molecule has 0 aromatic carbocycles. The minimum absolute atomic E-state index is 0.228. The van der Waals surface area contributed by atoms with Gasteiger partial charge in [0.05, 0.1) is 19.3 Å². The molecule has 0 aromatic rings. The Morgan fingerprint density at radius 3 is 3.00 bits per heavy atom. The molecule has 0 saturated carbocycles. The summed E-state index contributed by atoms with van der Waals surface area (Å²) in [6.07, 6.45) is -1.35. The lowest BCUT2D eigenvalue weighted by atomic mass is 10.1. The van der Waals surface area contributed by atoms with Gasteiger partial charge in [-0.05, 0) is 5.53 Å². The van der Waals surface area contributed by atoms with Crippen LogP contribution in [0.5, 0.6) is 0 Å². The third kappa shape index (κ3) is 1.05. The van der Waals surface area contributed by atoms with Crippen LogP contribution < -0.4 is 0 Å². The fraction of sp³-hybridized carbons (Fsp3) is 1.00. The summed E-state index contributed by atoms with van der Waals surface area (Å²) in [5, 5.41) is 12.8. The zero-order valence-electron chi connectivity index (χ0n) is 6.33. The average Bonchev–Trinajstić information content (AvgIpc) is 2.58. The van der Waals surface area contributed by atoms with Crippen LogP contribution in [0.3, 0.4) is 0 Å². The highest BCUT2D eigenvalue weighted by molar-refractivity contribution is 4.97. The van der Waals surface area contributed by atoms with Gasteiger partial charge in [-0.2, -0.15) is 0 Å². The van der Waals surface area contributed by atoms with Crippen molar-refractivity contribution in [3.8, 4) is 0 Å². The van der Waals surface area contributed by atoms with Crippen LogP contribution >= 0.6 is 0 Å². The fourth-order valence-electron chi connectivity index (χ4n) is 1.63. The van der Waals surface area contributed by atoms with Gasteiger partial charge in [0, 0.05) is 4.91 Å². The predicted molar refractivity (Wildman–Crippen MR) is 38.4 cm³/mol. The minimum atomic E-state index is -0.552. The number of hydrogen-bond donors (Lipinski definition) is 1. The van der Waals surface area contributed by atoms with E-state index in [4.69, 9.17) is 15.0 Å². The molecule has 0 amide bonds. The molecule has 2 heterocycles. The maximum absolute atomic E-state index is 9.41. The van der Waals surface area contributed by atoms with E-state index in [2.05, 4.69) is 10.0 Å². The maximum atomic E-state index is 9.41. The molecular weight excluding hydrogens is 162 g/mol. The number of azide groups is 1. The summed E-state index contributed by atoms with van der Waals surface area (Å²) in [6.45, 7) is 0.674. The quantitative estimate of drug-likeness (QED) is 0.355. The van der Waals surface area contributed by atoms with Crippen LogP contribution in [-0.4, -0.2) is 42.7 Å². The van der Waals surface area contributed by atoms with Crippen LogP contribution in [0.1, 0.15) is 0 Å². The lowest BCUT2D eigenvalue weighted by Crippen LogP contribution is -2.32. The zero-order valence-corrected chi connectivity index (χ0v) is 6.33. The number of ether oxygens (including phenoxy) is 2. The van der Waals surface area contributed by atoms with E-state index in [0.717, 1.165) is 0 Å². The summed E-state index contributed by atoms with van der Waals surface area (Å²) < 4.78 is 10.6. The Bertz CT molecular complexity index is 228. The van der Waals surface area contributed by atoms with E-state index in [1.807, 2.05) is 0 Å². The Morgan fingerprint density at radius 2 is 2.50 bits per heavy atom. The van der Waals surface area contributed by atoms with Gasteiger partial charge in [0.2, 0.25) is 0 Å². The largest absolute Gasteiger partial charge is 0.387 e. The van der Waals surface area contributed by atoms with Gasteiger partial charge in [-0.15, -0.1) is 0 Å². The first kappa shape index (κ1) is 7.82. The summed E-state index contributed by atoms with van der Waals surface area (Å²) >= 11 is 0. The zero-order chi connectivity index (χ0) is 8.55. The molecule has 2 aliphatic heterocycles. The van der Waals surface area contributed by atoms with Gasteiger partial charge in [0.1, 0.15) is 18.3 Å². The number of hydrogen-bond acceptors (Lipinski definition) is 4. The molecule has 2 saturated heterocycles. The normalized spacial score (nSPS) is 44.4. The summed E-state index contributed by atoms with van der Waals surface area (Å²) in [6, 6.07) is 0. The van der Waals surface area contributed by atoms with Crippen LogP contribution in [0, 0.1) is 0 Å². The first-order valence-corrected chi connectivity index (χ1v) is 3.79. The van der Waals surface area contributed by atoms with Gasteiger partial charge in [-0.25, -0.2) is 0 Å². The molecule has 1 N–H and O–H groups in total. The molecule has 2 rings (SSSR count). The Labute approximate surface area is 68.7 Å². The van der Waals surface area contributed by atoms with Gasteiger partial charge < -0.3 is 14.6 Å². The fourth-order valence-corrected chi connectivity index (χ4v) is 1.63. The topological polar surface area (TPSA) is 87.5 Å². The third-order valence-electron chi connectivity index (χ3n) is 2.21. The standard InChI is InChI=1S/C6H9N3O3/c7-9-8-1-3-6-5(10)4(12-3)2-11-6/h3-6,10H,1-2H2/t3-,4+,5+,6+/m0/s1. The Kier molecular flexibility index (Phi) is 1.90. The highest BCUT2D eigenvalue weighted by Crippen LogP contribution is 2.30. The van der Waals surface area contributed by atoms with E-state index in [1.54, 1.807) is 0 Å². The van der Waals surface area contributed by atoms with Crippen molar-refractivity contribution in [2.45, 2.75) is 24.4 Å². The maximum Gasteiger partial charge on any atom is 0.112 e. The highest BCUT2D eigenvalue weighted by Gasteiger charge is 2.49. The summed E-state index contributed by atoms with van der Waals surface area (Å²) in [5.41, 5.74) is 8.06. The molecule has 4 atom stereocenters. The molecule has 0 aromatic heterocycles. The molecule has 0 radical (unpaired) electrons. The number of aliphatic hydroxyl groups excluding tert-OH is 1. The van der Waals surface area contributed by atoms with Crippen molar-refractivity contribution in [1.29, 1.82) is 0 Å². The van der Waals surface area contributed by atoms with Gasteiger partial charge >= 0.3 is 0 Å². The van der Waals surface area contributed by atoms with E-state index in [1.165, 1.54) is 0 Å². The van der Waals surface area contributed by atoms with Gasteiger partial charge in [-0.3, -0.25) is 0 Å². The monoisotopic (exact) mass is 171 g/mol. The second-order valence-electron chi connectivity index (χ2n) is 2.91. The Hall–Kier alpha value is -0.810. The smallest absolute Gasteiger partial charge is 0.112 e. The van der Waals surface area contributed by atoms with Crippen molar-refractivity contribution in [1.82, 2.24) is 0 Å². The molecule has 2 fully saturated rings. The van der Waals surface area contributed by atoms with Crippen LogP contribution in [0.25, 0.3) is 10.4 Å². The van der Waals surface area contributed by atoms with Crippen LogP contribution in [0.4, 0.5) is 0 Å². The van der Waals surface area contributed by atoms with E-state index in [-0.39, 0.29) is 24.9 Å². The molecule has 0 unspecified atom stereocenters. The van der Waals surface area contributed by atoms with Crippen molar-refractivity contribution in [2.75, 3.05) is 13.2 Å². The van der Waals surface area contributed by atoms with Crippen molar-refractivity contribution in [2.24, 2.45) is 5.11 Å². The molecule has 0 aliphatic carbocycles. The van der Waals surface area contributed by atoms with Crippen molar-refractivity contribution in [3.05, 3.63) is 10.4 Å². The average molecular weight is 171 g/mol. The second-order valence-corrected chi connectivity index (χ2v) is 2.91. The summed E-state index contributed by atoms with van der Waals surface area (Å²) in [5.74, 6) is 0. The number of nitrogens with zero attached hydrogens (tertiary/aromatic N) is 3. The Balaban J connectivity index is 1.99. The minimum Gasteiger partial charge on any atom is -0.387 e. The molecule has 0 spiro atoms. The first-order chi connectivity index (χ1) is 5.83. The van der Waals surface area contributed by atoms with Crippen LogP contribution in [0.2, 0.25) is 0 Å². The number of fused-ring (bicyclic) bond motifs is 2. The lowest BCUT2D eigenvalue weighted by molar-refractivity contribution is -0.0875. The van der Waals surface area contributed by atoms with Gasteiger partial charge in [0.25, 0.3) is 0 Å². The second kappa shape index (κ2) is 2.91. The molecule has 12 heavy (non-hydrogen) atoms. The van der Waals surface area contributed by atoms with E-state index in [9.17, 15) is 5.11 Å². The predicted octanol–water partition coefficient (Wildman–Crippen LogP) is -0.176. The number of rotatable bonds is 2. The highest BCUT2D eigenvalue weighted by atomic mass is 16.6. The van der Waals surface area contributed by atoms with Crippen molar-refractivity contribution < 1.29 is 14.6 Å². The molecule has 6 heteroatoms. The molecule has 6 nitrogen and oxygen atoms in total. The first-order valence-electron chi connectivity index (χ1n) is 3.79. The number of aliphatic hydroxyl groups is 1. The van der Waals surface area contributed by atoms with Gasteiger partial charge in [-0.1, -0.05) is 5.11 Å². The molecule has 2 bridgehead atoms. The van der Waals surface area contributed by atoms with E-state index < -0.39 is 6.10 Å². The van der Waals surface area contributed by atoms with Gasteiger partial charge in [0.15, 0.2) is 0 Å². The van der Waals surface area contributed by atoms with Crippen molar-refractivity contribution in [3.63, 3.8) is 0 Å². The van der Waals surface area contributed by atoms with E-state index >= 15 is 0 Å². The molecule has 2 aliphatic rings. The van der Waals surface area contributed by atoms with Crippen molar-refractivity contribution >= 4 is 0 Å². The molecular formula is C6H9N3O3. The van der Waals surface area contributed by atoms with Crippen LogP contribution in [0.15, 0.2) is 5.11 Å². The Morgan fingerprint density at radius 1 is 1.67 bits per heavy atom. The SMILES string of the molecule is [N-]=[N+]=NC[C@@H]1O[C@@H]2CO[C@H]1[C@@H]2O. The third-order valence-corrected chi connectivity index (χ3v) is 2.21. The lowest BCUT2D eigenvalue weighted by Gasteiger charge is -2.19. The van der Waals surface area contributed by atoms with Crippen LogP contribution in [-0.2, 0) is 9.47 Å².